The minimum atomic E-state index is -3.89. The maximum Gasteiger partial charge on any atom is 0.255 e. The molecule has 2 saturated carbocycles. The van der Waals surface area contributed by atoms with Gasteiger partial charge in [0.05, 0.1) is 20.8 Å². The van der Waals surface area contributed by atoms with Gasteiger partial charge in [0.25, 0.3) is 5.91 Å². The minimum Gasteiger partial charge on any atom is -0.388 e. The summed E-state index contributed by atoms with van der Waals surface area (Å²) in [5, 5.41) is 12.5. The molecule has 2 bridgehead atoms. The highest BCUT2D eigenvalue weighted by Crippen LogP contribution is 2.51. The van der Waals surface area contributed by atoms with Crippen LogP contribution in [0.3, 0.4) is 0 Å². The zero-order valence-electron chi connectivity index (χ0n) is 17.0. The molecule has 6 nitrogen and oxygen atoms in total. The van der Waals surface area contributed by atoms with Gasteiger partial charge < -0.3 is 16.2 Å². The van der Waals surface area contributed by atoms with E-state index < -0.39 is 38.2 Å². The Balaban J connectivity index is 1.59. The van der Waals surface area contributed by atoms with E-state index in [9.17, 15) is 27.1 Å². The number of carbonyl (C=O) groups excluding carboxylic acids is 1. The lowest BCUT2D eigenvalue weighted by molar-refractivity contribution is -0.0498. The smallest absolute Gasteiger partial charge is 0.255 e. The molecule has 10 heteroatoms. The maximum absolute atomic E-state index is 13.4. The number of rotatable bonds is 5. The first-order chi connectivity index (χ1) is 15.1. The first kappa shape index (κ1) is 23.1. The van der Waals surface area contributed by atoms with E-state index in [0.717, 1.165) is 25.0 Å². The summed E-state index contributed by atoms with van der Waals surface area (Å²) in [5.74, 6) is -3.27. The van der Waals surface area contributed by atoms with E-state index in [0.29, 0.717) is 0 Å². The molecule has 3 unspecified atom stereocenters. The first-order valence-electron chi connectivity index (χ1n) is 10.3. The predicted octanol–water partition coefficient (Wildman–Crippen LogP) is 3.52. The molecule has 2 aromatic carbocycles. The predicted molar refractivity (Wildman–Crippen MR) is 116 cm³/mol. The topological polar surface area (TPSA) is 109 Å². The Morgan fingerprint density at radius 3 is 2.38 bits per heavy atom. The number of nitrogens with one attached hydrogen (secondary N) is 1. The van der Waals surface area contributed by atoms with Crippen LogP contribution in [-0.2, 0) is 9.84 Å². The molecule has 0 radical (unpaired) electrons. The second-order valence-corrected chi connectivity index (χ2v) is 11.1. The van der Waals surface area contributed by atoms with Gasteiger partial charge in [0.15, 0.2) is 21.5 Å². The third-order valence-corrected chi connectivity index (χ3v) is 9.47. The molecule has 2 fully saturated rings. The maximum atomic E-state index is 13.4. The highest BCUT2D eigenvalue weighted by atomic mass is 35.5. The van der Waals surface area contributed by atoms with E-state index in [4.69, 9.17) is 17.3 Å². The summed E-state index contributed by atoms with van der Waals surface area (Å²) in [6.07, 6.45) is 1.98. The summed E-state index contributed by atoms with van der Waals surface area (Å²) in [6.45, 7) is 0.0928. The van der Waals surface area contributed by atoms with Crippen LogP contribution < -0.4 is 11.1 Å². The molecular formula is C22H23ClF2N2O4S. The van der Waals surface area contributed by atoms with Gasteiger partial charge in [-0.2, -0.15) is 0 Å². The molecule has 0 heterocycles. The average molecular weight is 485 g/mol. The van der Waals surface area contributed by atoms with Crippen molar-refractivity contribution >= 4 is 33.0 Å². The molecule has 1 amide bonds. The van der Waals surface area contributed by atoms with Crippen molar-refractivity contribution in [1.29, 1.82) is 0 Å². The monoisotopic (exact) mass is 484 g/mol. The van der Waals surface area contributed by atoms with Crippen LogP contribution in [0.5, 0.6) is 0 Å². The van der Waals surface area contributed by atoms with Crippen LogP contribution in [-0.4, -0.2) is 36.8 Å². The van der Waals surface area contributed by atoms with Gasteiger partial charge in [0.2, 0.25) is 0 Å². The van der Waals surface area contributed by atoms with E-state index in [1.165, 1.54) is 24.3 Å². The lowest BCUT2D eigenvalue weighted by Gasteiger charge is -2.41. The van der Waals surface area contributed by atoms with Gasteiger partial charge in [0.1, 0.15) is 0 Å². The van der Waals surface area contributed by atoms with Crippen molar-refractivity contribution in [2.45, 2.75) is 41.4 Å². The number of halogens is 3. The summed E-state index contributed by atoms with van der Waals surface area (Å²) in [4.78, 5) is 12.4. The SMILES string of the molecule is NCC1(O)C2CC[C@H]1CC(S(=O)(=O)c1cc(C(=O)Nc3ccc(F)c(F)c3)ccc1Cl)C2. The van der Waals surface area contributed by atoms with Gasteiger partial charge >= 0.3 is 0 Å². The average Bonchev–Trinajstić information content (AvgIpc) is 2.92. The van der Waals surface area contributed by atoms with Crippen LogP contribution in [0.15, 0.2) is 41.3 Å². The van der Waals surface area contributed by atoms with Crippen LogP contribution in [0, 0.1) is 23.5 Å². The zero-order valence-corrected chi connectivity index (χ0v) is 18.6. The number of aliphatic hydroxyl groups is 1. The van der Waals surface area contributed by atoms with Crippen LogP contribution in [0.1, 0.15) is 36.0 Å². The van der Waals surface area contributed by atoms with Gasteiger partial charge in [-0.05, 0) is 67.9 Å². The third kappa shape index (κ3) is 3.91. The number of hydrogen-bond acceptors (Lipinski definition) is 5. The highest BCUT2D eigenvalue weighted by Gasteiger charge is 2.55. The van der Waals surface area contributed by atoms with Crippen molar-refractivity contribution in [2.75, 3.05) is 11.9 Å². The minimum absolute atomic E-state index is 0.00922. The molecule has 2 aromatic rings. The summed E-state index contributed by atoms with van der Waals surface area (Å²) in [7, 11) is -3.89. The number of amides is 1. The van der Waals surface area contributed by atoms with Crippen molar-refractivity contribution in [3.05, 3.63) is 58.6 Å². The van der Waals surface area contributed by atoms with Gasteiger partial charge in [-0.1, -0.05) is 11.6 Å². The van der Waals surface area contributed by atoms with Gasteiger partial charge in [0, 0.05) is 23.9 Å². The molecule has 0 saturated heterocycles. The summed E-state index contributed by atoms with van der Waals surface area (Å²) in [6, 6.07) is 6.77. The van der Waals surface area contributed by atoms with E-state index >= 15 is 0 Å². The van der Waals surface area contributed by atoms with Crippen molar-refractivity contribution in [3.8, 4) is 0 Å². The van der Waals surface area contributed by atoms with E-state index in [-0.39, 0.29) is 52.4 Å². The number of benzene rings is 2. The van der Waals surface area contributed by atoms with Gasteiger partial charge in [-0.3, -0.25) is 4.79 Å². The first-order valence-corrected chi connectivity index (χ1v) is 12.2. The summed E-state index contributed by atoms with van der Waals surface area (Å²) < 4.78 is 53.4. The molecule has 2 aliphatic carbocycles. The molecule has 0 aromatic heterocycles. The Hall–Kier alpha value is -2.07. The van der Waals surface area contributed by atoms with Crippen LogP contribution in [0.25, 0.3) is 0 Å². The second-order valence-electron chi connectivity index (χ2n) is 8.53. The molecule has 4 rings (SSSR count). The third-order valence-electron chi connectivity index (χ3n) is 6.82. The molecule has 32 heavy (non-hydrogen) atoms. The highest BCUT2D eigenvalue weighted by molar-refractivity contribution is 7.92. The van der Waals surface area contributed by atoms with Crippen LogP contribution >= 0.6 is 11.6 Å². The molecule has 0 aliphatic heterocycles. The van der Waals surface area contributed by atoms with Crippen LogP contribution in [0.2, 0.25) is 5.02 Å². The summed E-state index contributed by atoms with van der Waals surface area (Å²) in [5.41, 5.74) is 4.77. The van der Waals surface area contributed by atoms with Gasteiger partial charge in [-0.15, -0.1) is 0 Å². The van der Waals surface area contributed by atoms with Crippen molar-refractivity contribution < 1.29 is 27.1 Å². The fourth-order valence-corrected chi connectivity index (χ4v) is 7.42. The number of sulfone groups is 1. The van der Waals surface area contributed by atoms with E-state index in [2.05, 4.69) is 5.32 Å². The molecule has 4 atom stereocenters. The van der Waals surface area contributed by atoms with Crippen molar-refractivity contribution in [2.24, 2.45) is 17.6 Å². The molecular weight excluding hydrogens is 462 g/mol. The number of nitrogens with two attached hydrogens (primary N) is 1. The number of hydrogen-bond donors (Lipinski definition) is 3. The normalized spacial score (nSPS) is 27.3. The zero-order chi connectivity index (χ0) is 23.3. The Labute approximate surface area is 189 Å². The second kappa shape index (κ2) is 8.37. The molecule has 2 aliphatic rings. The molecule has 4 N–H and O–H groups in total. The Morgan fingerprint density at radius 1 is 1.12 bits per heavy atom. The Morgan fingerprint density at radius 2 is 1.78 bits per heavy atom. The van der Waals surface area contributed by atoms with Gasteiger partial charge in [-0.25, -0.2) is 17.2 Å². The van der Waals surface area contributed by atoms with Crippen molar-refractivity contribution in [1.82, 2.24) is 0 Å². The standard InChI is InChI=1S/C22H23ClF2N2O4S/c23-17-5-1-12(21(28)27-15-4-6-18(24)19(25)10-15)7-20(17)32(30,31)16-8-13-2-3-14(9-16)22(13,29)11-26/h1,4-7,10,13-14,16,29H,2-3,8-9,11,26H2,(H,27,28)/t13-,14?,16?,22?/m0/s1. The fraction of sp³-hybridized carbons (Fsp3) is 0.409. The lowest BCUT2D eigenvalue weighted by atomic mass is 9.74. The number of fused-ring (bicyclic) bond motifs is 2. The quantitative estimate of drug-likeness (QED) is 0.601. The molecule has 0 spiro atoms. The lowest BCUT2D eigenvalue weighted by Crippen LogP contribution is -2.52. The number of carbonyl (C=O) groups is 1. The van der Waals surface area contributed by atoms with Crippen LogP contribution in [0.4, 0.5) is 14.5 Å². The van der Waals surface area contributed by atoms with Crippen molar-refractivity contribution in [3.63, 3.8) is 0 Å². The fourth-order valence-electron chi connectivity index (χ4n) is 5.02. The summed E-state index contributed by atoms with van der Waals surface area (Å²) >= 11 is 6.20. The largest absolute Gasteiger partial charge is 0.388 e. The number of anilines is 1. The Bertz CT molecular complexity index is 1160. The van der Waals surface area contributed by atoms with E-state index in [1.54, 1.807) is 0 Å². The molecule has 172 valence electrons. The Kier molecular flexibility index (Phi) is 6.04. The van der Waals surface area contributed by atoms with E-state index in [1.807, 2.05) is 0 Å².